The quantitative estimate of drug-likeness (QED) is 0.852. The Morgan fingerprint density at radius 1 is 1.08 bits per heavy atom. The first-order chi connectivity index (χ1) is 11.7. The smallest absolute Gasteiger partial charge is 0.228 e. The fourth-order valence-corrected chi connectivity index (χ4v) is 4.02. The number of nitrogens with zero attached hydrogens (tertiary/aromatic N) is 2. The van der Waals surface area contributed by atoms with Gasteiger partial charge >= 0.3 is 0 Å². The molecule has 4 heteroatoms. The Morgan fingerprint density at radius 3 is 2.29 bits per heavy atom. The molecule has 0 N–H and O–H groups in total. The summed E-state index contributed by atoms with van der Waals surface area (Å²) < 4.78 is 0. The van der Waals surface area contributed by atoms with Crippen molar-refractivity contribution in [2.75, 3.05) is 24.5 Å². The number of carbonyl (C=O) groups excluding carboxylic acids is 2. The van der Waals surface area contributed by atoms with Crippen LogP contribution in [0.15, 0.2) is 18.2 Å². The molecule has 1 aromatic carbocycles. The molecule has 4 nitrogen and oxygen atoms in total. The molecule has 2 heterocycles. The third-order valence-electron chi connectivity index (χ3n) is 5.38. The van der Waals surface area contributed by atoms with Crippen molar-refractivity contribution in [1.82, 2.24) is 4.90 Å². The summed E-state index contributed by atoms with van der Waals surface area (Å²) in [6.07, 6.45) is 5.55. The predicted molar refractivity (Wildman–Crippen MR) is 96.1 cm³/mol. The molecule has 0 radical (unpaired) electrons. The Labute approximate surface area is 144 Å². The van der Waals surface area contributed by atoms with Crippen LogP contribution >= 0.6 is 0 Å². The van der Waals surface area contributed by atoms with Crippen LogP contribution < -0.4 is 4.90 Å². The molecule has 2 fully saturated rings. The molecule has 2 saturated heterocycles. The number of hydrogen-bond donors (Lipinski definition) is 0. The highest BCUT2D eigenvalue weighted by Crippen LogP contribution is 2.33. The van der Waals surface area contributed by atoms with Gasteiger partial charge in [0.1, 0.15) is 0 Å². The van der Waals surface area contributed by atoms with Gasteiger partial charge < -0.3 is 9.80 Å². The second-order valence-corrected chi connectivity index (χ2v) is 6.92. The molecule has 2 amide bonds. The van der Waals surface area contributed by atoms with Crippen molar-refractivity contribution >= 4 is 17.5 Å². The van der Waals surface area contributed by atoms with Gasteiger partial charge in [-0.2, -0.15) is 0 Å². The molecule has 0 saturated carbocycles. The lowest BCUT2D eigenvalue weighted by molar-refractivity contribution is -0.136. The van der Waals surface area contributed by atoms with Crippen LogP contribution in [0.1, 0.15) is 50.7 Å². The fraction of sp³-hybridized carbons (Fsp3) is 0.600. The minimum Gasteiger partial charge on any atom is -0.342 e. The van der Waals surface area contributed by atoms with Crippen molar-refractivity contribution in [3.8, 4) is 0 Å². The van der Waals surface area contributed by atoms with Gasteiger partial charge in [0.25, 0.3) is 0 Å². The van der Waals surface area contributed by atoms with Crippen molar-refractivity contribution in [1.29, 1.82) is 0 Å². The minimum absolute atomic E-state index is 0.0981. The van der Waals surface area contributed by atoms with Gasteiger partial charge in [-0.15, -0.1) is 0 Å². The van der Waals surface area contributed by atoms with E-state index in [0.29, 0.717) is 13.0 Å². The molecule has 0 aromatic heterocycles. The number of hydrogen-bond acceptors (Lipinski definition) is 2. The van der Waals surface area contributed by atoms with Crippen molar-refractivity contribution < 1.29 is 9.59 Å². The van der Waals surface area contributed by atoms with Crippen LogP contribution in [0.3, 0.4) is 0 Å². The van der Waals surface area contributed by atoms with Crippen molar-refractivity contribution in [2.45, 2.75) is 52.4 Å². The first kappa shape index (κ1) is 17.0. The number of piperidine rings is 1. The highest BCUT2D eigenvalue weighted by Gasteiger charge is 2.38. The van der Waals surface area contributed by atoms with E-state index in [4.69, 9.17) is 0 Å². The van der Waals surface area contributed by atoms with Crippen molar-refractivity contribution in [3.63, 3.8) is 0 Å². The van der Waals surface area contributed by atoms with Gasteiger partial charge in [0.2, 0.25) is 11.8 Å². The molecule has 0 aliphatic carbocycles. The van der Waals surface area contributed by atoms with Crippen molar-refractivity contribution in [2.24, 2.45) is 5.92 Å². The van der Waals surface area contributed by atoms with Crippen LogP contribution in [0.4, 0.5) is 5.69 Å². The lowest BCUT2D eigenvalue weighted by atomic mass is 10.0. The normalized spacial score (nSPS) is 21.4. The van der Waals surface area contributed by atoms with E-state index in [2.05, 4.69) is 32.0 Å². The van der Waals surface area contributed by atoms with E-state index in [0.717, 1.165) is 44.5 Å². The van der Waals surface area contributed by atoms with Gasteiger partial charge in [0.05, 0.1) is 5.92 Å². The Hall–Kier alpha value is -1.84. The maximum absolute atomic E-state index is 12.8. The lowest BCUT2D eigenvalue weighted by Gasteiger charge is -2.29. The monoisotopic (exact) mass is 328 g/mol. The molecular weight excluding hydrogens is 300 g/mol. The summed E-state index contributed by atoms with van der Waals surface area (Å²) >= 11 is 0. The average Bonchev–Trinajstić information content (AvgIpc) is 3.02. The summed E-state index contributed by atoms with van der Waals surface area (Å²) in [4.78, 5) is 29.3. The molecule has 3 rings (SSSR count). The number of benzene rings is 1. The molecular formula is C20H28N2O2. The number of carbonyl (C=O) groups is 2. The van der Waals surface area contributed by atoms with Crippen LogP contribution in [0.5, 0.6) is 0 Å². The van der Waals surface area contributed by atoms with Gasteiger partial charge in [-0.25, -0.2) is 0 Å². The van der Waals surface area contributed by atoms with Gasteiger partial charge in [0.15, 0.2) is 0 Å². The molecule has 0 spiro atoms. The molecule has 2 aliphatic rings. The van der Waals surface area contributed by atoms with Crippen LogP contribution in [0.25, 0.3) is 0 Å². The van der Waals surface area contributed by atoms with E-state index in [1.165, 1.54) is 17.5 Å². The zero-order valence-electron chi connectivity index (χ0n) is 14.9. The zero-order valence-corrected chi connectivity index (χ0v) is 14.9. The molecule has 1 unspecified atom stereocenters. The molecule has 2 aliphatic heterocycles. The number of aryl methyl sites for hydroxylation is 2. The highest BCUT2D eigenvalue weighted by molar-refractivity contribution is 6.01. The molecule has 1 atom stereocenters. The predicted octanol–water partition coefficient (Wildman–Crippen LogP) is 3.18. The summed E-state index contributed by atoms with van der Waals surface area (Å²) in [5.41, 5.74) is 3.46. The summed E-state index contributed by atoms with van der Waals surface area (Å²) in [6.45, 7) is 6.49. The third kappa shape index (κ3) is 3.19. The van der Waals surface area contributed by atoms with Crippen LogP contribution in [0, 0.1) is 5.92 Å². The lowest BCUT2D eigenvalue weighted by Crippen LogP contribution is -2.40. The number of likely N-dealkylation sites (tertiary alicyclic amines) is 1. The van der Waals surface area contributed by atoms with Crippen molar-refractivity contribution in [3.05, 3.63) is 29.3 Å². The molecule has 130 valence electrons. The van der Waals surface area contributed by atoms with Gasteiger partial charge in [-0.1, -0.05) is 32.0 Å². The summed E-state index contributed by atoms with van der Waals surface area (Å²) in [5, 5.41) is 0. The van der Waals surface area contributed by atoms with E-state index in [1.54, 1.807) is 0 Å². The minimum atomic E-state index is -0.176. The Morgan fingerprint density at radius 2 is 1.71 bits per heavy atom. The van der Waals surface area contributed by atoms with Gasteiger partial charge in [0, 0.05) is 31.7 Å². The SMILES string of the molecule is CCc1cccc(CC)c1N1CC(C(=O)N2CCCCC2)CC1=O. The summed E-state index contributed by atoms with van der Waals surface area (Å²) in [5.74, 6) is 0.101. The molecule has 24 heavy (non-hydrogen) atoms. The number of rotatable bonds is 4. The van der Waals surface area contributed by atoms with Crippen LogP contribution in [-0.4, -0.2) is 36.3 Å². The summed E-state index contributed by atoms with van der Waals surface area (Å²) in [6, 6.07) is 6.27. The van der Waals surface area contributed by atoms with Gasteiger partial charge in [-0.05, 0) is 43.2 Å². The van der Waals surface area contributed by atoms with E-state index >= 15 is 0 Å². The average molecular weight is 328 g/mol. The summed E-state index contributed by atoms with van der Waals surface area (Å²) in [7, 11) is 0. The third-order valence-corrected chi connectivity index (χ3v) is 5.38. The number of anilines is 1. The first-order valence-corrected chi connectivity index (χ1v) is 9.35. The largest absolute Gasteiger partial charge is 0.342 e. The van der Waals surface area contributed by atoms with E-state index < -0.39 is 0 Å². The molecule has 0 bridgehead atoms. The maximum atomic E-state index is 12.8. The zero-order chi connectivity index (χ0) is 17.1. The second-order valence-electron chi connectivity index (χ2n) is 6.92. The Bertz CT molecular complexity index is 598. The Balaban J connectivity index is 1.81. The van der Waals surface area contributed by atoms with E-state index in [-0.39, 0.29) is 17.7 Å². The first-order valence-electron chi connectivity index (χ1n) is 9.35. The fourth-order valence-electron chi connectivity index (χ4n) is 4.02. The topological polar surface area (TPSA) is 40.6 Å². The second kappa shape index (κ2) is 7.37. The van der Waals surface area contributed by atoms with E-state index in [1.807, 2.05) is 9.80 Å². The van der Waals surface area contributed by atoms with Gasteiger partial charge in [-0.3, -0.25) is 9.59 Å². The standard InChI is InChI=1S/C20H28N2O2/c1-3-15-9-8-10-16(4-2)19(15)22-14-17(13-18(22)23)20(24)21-11-6-5-7-12-21/h8-10,17H,3-7,11-14H2,1-2H3. The molecule has 1 aromatic rings. The Kier molecular flexibility index (Phi) is 5.22. The number of amides is 2. The van der Waals surface area contributed by atoms with E-state index in [9.17, 15) is 9.59 Å². The maximum Gasteiger partial charge on any atom is 0.228 e. The number of para-hydroxylation sites is 1. The van der Waals surface area contributed by atoms with Crippen LogP contribution in [0.2, 0.25) is 0 Å². The highest BCUT2D eigenvalue weighted by atomic mass is 16.2. The van der Waals surface area contributed by atoms with Crippen LogP contribution in [-0.2, 0) is 22.4 Å².